The van der Waals surface area contributed by atoms with Crippen LogP contribution in [0.1, 0.15) is 0 Å². The molecule has 0 amide bonds. The van der Waals surface area contributed by atoms with Gasteiger partial charge in [0.25, 0.3) is 0 Å². The topological polar surface area (TPSA) is 0 Å². The van der Waals surface area contributed by atoms with Crippen molar-refractivity contribution in [1.29, 1.82) is 0 Å². The predicted octanol–water partition coefficient (Wildman–Crippen LogP) is -0.989. The maximum absolute atomic E-state index is 0. The van der Waals surface area contributed by atoms with E-state index in [9.17, 15) is 0 Å². The molecular formula is H6BiCl2LaLi. The third-order valence-corrected chi connectivity index (χ3v) is 0. The van der Waals surface area contributed by atoms with E-state index in [1.165, 1.54) is 0 Å². The molecule has 1 radical (unpaired) electrons. The van der Waals surface area contributed by atoms with Crippen molar-refractivity contribution in [3.63, 3.8) is 0 Å². The number of rotatable bonds is 0. The Balaban J connectivity index is 0. The Morgan fingerprint density at radius 1 is 0.800 bits per heavy atom. The first-order chi connectivity index (χ1) is 0. The molecular weight excluding hydrogens is 426 g/mol. The van der Waals surface area contributed by atoms with E-state index in [2.05, 4.69) is 0 Å². The zero-order valence-corrected chi connectivity index (χ0v) is 12.9. The van der Waals surface area contributed by atoms with Crippen LogP contribution >= 0.6 is 24.8 Å². The molecule has 5 heteroatoms. The zero-order valence-electron chi connectivity index (χ0n) is 2.10. The van der Waals surface area contributed by atoms with E-state index >= 15 is 0 Å². The second-order valence-electron chi connectivity index (χ2n) is 0. The molecule has 0 saturated carbocycles. The molecule has 0 unspecified atom stereocenters. The second-order valence-corrected chi connectivity index (χ2v) is 0. The number of halogens is 2. The zero-order chi connectivity index (χ0) is 0. The first-order valence-electron chi connectivity index (χ1n) is 0. The first-order valence-corrected chi connectivity index (χ1v) is 0. The van der Waals surface area contributed by atoms with Crippen LogP contribution < -0.4 is 0 Å². The Morgan fingerprint density at radius 3 is 0.800 bits per heavy atom. The van der Waals surface area contributed by atoms with Gasteiger partial charge in [-0.1, -0.05) is 0 Å². The van der Waals surface area contributed by atoms with Crippen molar-refractivity contribution >= 4 is 69.9 Å². The van der Waals surface area contributed by atoms with Gasteiger partial charge in [0.05, 0.1) is 0 Å². The van der Waals surface area contributed by atoms with E-state index in [1.807, 2.05) is 0 Å². The molecule has 0 nitrogen and oxygen atoms in total. The molecule has 0 aliphatic heterocycles. The monoisotopic (exact) mass is 431 g/mol. The van der Waals surface area contributed by atoms with Gasteiger partial charge >= 0.3 is 45.1 Å². The molecule has 0 aromatic rings. The molecule has 0 saturated heterocycles. The molecule has 0 heterocycles. The molecule has 0 atom stereocenters. The summed E-state index contributed by atoms with van der Waals surface area (Å²) in [6.45, 7) is 0. The Labute approximate surface area is 103 Å². The van der Waals surface area contributed by atoms with Gasteiger partial charge in [0.1, 0.15) is 0 Å². The van der Waals surface area contributed by atoms with E-state index in [-0.39, 0.29) is 105 Å². The number of hydrogen-bond acceptors (Lipinski definition) is 0. The Morgan fingerprint density at radius 2 is 0.800 bits per heavy atom. The van der Waals surface area contributed by atoms with E-state index < -0.39 is 0 Å². The third-order valence-electron chi connectivity index (χ3n) is 0. The maximum atomic E-state index is 0. The van der Waals surface area contributed by atoms with Gasteiger partial charge in [-0.25, -0.2) is 0 Å². The van der Waals surface area contributed by atoms with Crippen LogP contribution in [0.25, 0.3) is 0 Å². The predicted molar refractivity (Wildman–Crippen MR) is 31.6 cm³/mol. The Kier molecular flexibility index (Phi) is 220. The van der Waals surface area contributed by atoms with Crippen molar-refractivity contribution in [2.45, 2.75) is 0 Å². The van der Waals surface area contributed by atoms with Crippen LogP contribution in [0.3, 0.4) is 0 Å². The minimum absolute atomic E-state index is 0. The van der Waals surface area contributed by atoms with Crippen molar-refractivity contribution in [1.82, 2.24) is 0 Å². The van der Waals surface area contributed by atoms with Gasteiger partial charge in [0, 0.05) is 35.6 Å². The summed E-state index contributed by atoms with van der Waals surface area (Å²) < 4.78 is 0. The van der Waals surface area contributed by atoms with E-state index in [0.29, 0.717) is 0 Å². The van der Waals surface area contributed by atoms with Crippen LogP contribution in [0.5, 0.6) is 0 Å². The molecule has 29 valence electrons. The fourth-order valence-electron chi connectivity index (χ4n) is 0. The quantitative estimate of drug-likeness (QED) is 0.432. The van der Waals surface area contributed by atoms with Gasteiger partial charge in [-0.05, 0) is 0 Å². The summed E-state index contributed by atoms with van der Waals surface area (Å²) in [6.07, 6.45) is 0. The molecule has 0 aliphatic rings. The summed E-state index contributed by atoms with van der Waals surface area (Å²) in [5, 5.41) is 0. The molecule has 0 aliphatic carbocycles. The van der Waals surface area contributed by atoms with E-state index in [0.717, 1.165) is 0 Å². The van der Waals surface area contributed by atoms with Crippen molar-refractivity contribution in [2.75, 3.05) is 0 Å². The van der Waals surface area contributed by atoms with Crippen LogP contribution in [0.15, 0.2) is 0 Å². The van der Waals surface area contributed by atoms with Crippen LogP contribution in [-0.2, 0) is 0 Å². The molecule has 0 fully saturated rings. The van der Waals surface area contributed by atoms with Crippen LogP contribution in [0, 0.1) is 35.6 Å². The molecule has 0 rings (SSSR count). The fraction of sp³-hybridized carbons (Fsp3) is 0. The van der Waals surface area contributed by atoms with Crippen LogP contribution in [0.4, 0.5) is 0 Å². The molecule has 0 spiro atoms. The molecule has 0 aromatic heterocycles. The van der Waals surface area contributed by atoms with Crippen molar-refractivity contribution in [3.8, 4) is 0 Å². The summed E-state index contributed by atoms with van der Waals surface area (Å²) >= 11 is 0. The summed E-state index contributed by atoms with van der Waals surface area (Å²) in [4.78, 5) is 0. The van der Waals surface area contributed by atoms with Crippen LogP contribution in [0.2, 0.25) is 0 Å². The fourth-order valence-corrected chi connectivity index (χ4v) is 0. The summed E-state index contributed by atoms with van der Waals surface area (Å²) in [5.41, 5.74) is 0. The first kappa shape index (κ1) is 41.0. The molecule has 0 N–H and O–H groups in total. The SMILES string of the molecule is Cl.Cl.[BiH3].[La].[LiH]. The summed E-state index contributed by atoms with van der Waals surface area (Å²) in [5.74, 6) is 0. The second kappa shape index (κ2) is 26.8. The Hall–Kier alpha value is 3.26. The average Bonchev–Trinajstić information content (AvgIpc) is 0. The molecule has 0 aromatic carbocycles. The summed E-state index contributed by atoms with van der Waals surface area (Å²) in [7, 11) is 0. The van der Waals surface area contributed by atoms with Gasteiger partial charge in [0.15, 0.2) is 0 Å². The van der Waals surface area contributed by atoms with Gasteiger partial charge in [-0.3, -0.25) is 0 Å². The summed E-state index contributed by atoms with van der Waals surface area (Å²) in [6, 6.07) is 0. The van der Waals surface area contributed by atoms with E-state index in [4.69, 9.17) is 0 Å². The van der Waals surface area contributed by atoms with Gasteiger partial charge in [-0.15, -0.1) is 24.8 Å². The molecule has 0 bridgehead atoms. The van der Waals surface area contributed by atoms with Gasteiger partial charge < -0.3 is 0 Å². The van der Waals surface area contributed by atoms with Crippen molar-refractivity contribution in [2.24, 2.45) is 0 Å². The van der Waals surface area contributed by atoms with Gasteiger partial charge in [0.2, 0.25) is 0 Å². The minimum atomic E-state index is 0. The van der Waals surface area contributed by atoms with Gasteiger partial charge in [-0.2, -0.15) is 0 Å². The van der Waals surface area contributed by atoms with Crippen molar-refractivity contribution < 1.29 is 35.6 Å². The normalized spacial score (nSPS) is 0. The van der Waals surface area contributed by atoms with Crippen molar-refractivity contribution in [3.05, 3.63) is 0 Å². The standard InChI is InChI=1S/Bi.2ClH.La.Li.4H/h;2*1H;;;;;;. The third kappa shape index (κ3) is 18.9. The molecule has 5 heavy (non-hydrogen) atoms. The van der Waals surface area contributed by atoms with Crippen LogP contribution in [-0.4, -0.2) is 45.1 Å². The average molecular weight is 432 g/mol. The van der Waals surface area contributed by atoms with E-state index in [1.54, 1.807) is 0 Å². The number of hydrogen-bond donors (Lipinski definition) is 0. The Bertz CT molecular complexity index is 9.61.